The Kier molecular flexibility index (Phi) is 9.17. The monoisotopic (exact) mass is 514 g/mol. The van der Waals surface area contributed by atoms with Gasteiger partial charge in [0.25, 0.3) is 0 Å². The van der Waals surface area contributed by atoms with Crippen LogP contribution in [-0.2, 0) is 27.8 Å². The molecule has 8 nitrogen and oxygen atoms in total. The highest BCUT2D eigenvalue weighted by Crippen LogP contribution is 2.28. The highest BCUT2D eigenvalue weighted by Gasteiger charge is 2.30. The summed E-state index contributed by atoms with van der Waals surface area (Å²) in [5.41, 5.74) is 0.957. The Morgan fingerprint density at radius 2 is 1.67 bits per heavy atom. The smallest absolute Gasteiger partial charge is 0.243 e. The van der Waals surface area contributed by atoms with Gasteiger partial charge in [-0.2, -0.15) is 4.31 Å². The average molecular weight is 515 g/mol. The van der Waals surface area contributed by atoms with Crippen molar-refractivity contribution in [3.63, 3.8) is 0 Å². The Morgan fingerprint density at radius 1 is 0.972 bits per heavy atom. The Morgan fingerprint density at radius 3 is 2.25 bits per heavy atom. The van der Waals surface area contributed by atoms with E-state index in [0.717, 1.165) is 11.3 Å². The minimum absolute atomic E-state index is 0.157. The fraction of sp³-hybridized carbons (Fsp3) is 0.370. The van der Waals surface area contributed by atoms with Crippen LogP contribution in [-0.4, -0.2) is 56.9 Å². The molecule has 0 fully saturated rings. The number of carbonyl (C=O) groups is 1. The SMILES string of the molecule is COc1ccc(CCN(Cc2ccc(C)o2)C(=O)CN(C(C)C)S(=O)(=O)c2ccccc2)cc1OC. The number of methoxy groups -OCH3 is 2. The summed E-state index contributed by atoms with van der Waals surface area (Å²) in [6.07, 6.45) is 0.541. The molecule has 1 amide bonds. The van der Waals surface area contributed by atoms with Crippen molar-refractivity contribution in [2.45, 2.75) is 44.7 Å². The fourth-order valence-corrected chi connectivity index (χ4v) is 5.46. The highest BCUT2D eigenvalue weighted by molar-refractivity contribution is 7.89. The number of rotatable bonds is 12. The number of furan rings is 1. The summed E-state index contributed by atoms with van der Waals surface area (Å²) in [6, 6.07) is 17.0. The van der Waals surface area contributed by atoms with Crippen LogP contribution >= 0.6 is 0 Å². The van der Waals surface area contributed by atoms with Crippen molar-refractivity contribution >= 4 is 15.9 Å². The van der Waals surface area contributed by atoms with Gasteiger partial charge in [0, 0.05) is 12.6 Å². The average Bonchev–Trinajstić information content (AvgIpc) is 3.29. The first-order chi connectivity index (χ1) is 17.1. The Balaban J connectivity index is 1.83. The van der Waals surface area contributed by atoms with E-state index in [4.69, 9.17) is 13.9 Å². The topological polar surface area (TPSA) is 89.3 Å². The summed E-state index contributed by atoms with van der Waals surface area (Å²) in [6.45, 7) is 5.69. The van der Waals surface area contributed by atoms with Crippen LogP contribution in [0.4, 0.5) is 0 Å². The molecule has 1 heterocycles. The molecule has 0 radical (unpaired) electrons. The minimum atomic E-state index is -3.85. The standard InChI is InChI=1S/C27H34N2O6S/c1-20(2)29(36(31,32)24-9-7-6-8-10-24)19-27(30)28(18-23-13-11-21(3)35-23)16-15-22-12-14-25(33-4)26(17-22)34-5/h6-14,17,20H,15-16,18-19H2,1-5H3. The molecule has 36 heavy (non-hydrogen) atoms. The summed E-state index contributed by atoms with van der Waals surface area (Å²) in [5, 5.41) is 0. The summed E-state index contributed by atoms with van der Waals surface area (Å²) in [4.78, 5) is 15.3. The van der Waals surface area contributed by atoms with Gasteiger partial charge in [-0.05, 0) is 69.2 Å². The zero-order chi connectivity index (χ0) is 26.3. The van der Waals surface area contributed by atoms with Gasteiger partial charge in [-0.3, -0.25) is 4.79 Å². The summed E-state index contributed by atoms with van der Waals surface area (Å²) < 4.78 is 44.3. The molecule has 0 unspecified atom stereocenters. The maximum absolute atomic E-state index is 13.5. The predicted molar refractivity (Wildman–Crippen MR) is 138 cm³/mol. The summed E-state index contributed by atoms with van der Waals surface area (Å²) in [5.74, 6) is 2.30. The molecule has 0 saturated carbocycles. The summed E-state index contributed by atoms with van der Waals surface area (Å²) in [7, 11) is -0.699. The van der Waals surface area contributed by atoms with Gasteiger partial charge in [-0.1, -0.05) is 24.3 Å². The zero-order valence-electron chi connectivity index (χ0n) is 21.4. The van der Waals surface area contributed by atoms with E-state index in [9.17, 15) is 13.2 Å². The van der Waals surface area contributed by atoms with E-state index < -0.39 is 16.1 Å². The maximum atomic E-state index is 13.5. The third kappa shape index (κ3) is 6.67. The fourth-order valence-electron chi connectivity index (χ4n) is 3.86. The van der Waals surface area contributed by atoms with Crippen LogP contribution < -0.4 is 9.47 Å². The largest absolute Gasteiger partial charge is 0.493 e. The number of nitrogens with zero attached hydrogens (tertiary/aromatic N) is 2. The van der Waals surface area contributed by atoms with Gasteiger partial charge >= 0.3 is 0 Å². The number of aryl methyl sites for hydroxylation is 1. The lowest BCUT2D eigenvalue weighted by molar-refractivity contribution is -0.132. The first-order valence-electron chi connectivity index (χ1n) is 11.8. The number of amides is 1. The molecule has 3 rings (SSSR count). The van der Waals surface area contributed by atoms with Crippen molar-refractivity contribution in [1.82, 2.24) is 9.21 Å². The van der Waals surface area contributed by atoms with Crippen molar-refractivity contribution in [2.24, 2.45) is 0 Å². The number of sulfonamides is 1. The normalized spacial score (nSPS) is 11.6. The molecule has 0 atom stereocenters. The van der Waals surface area contributed by atoms with E-state index >= 15 is 0 Å². The molecule has 1 aromatic heterocycles. The highest BCUT2D eigenvalue weighted by atomic mass is 32.2. The van der Waals surface area contributed by atoms with Crippen molar-refractivity contribution < 1.29 is 27.1 Å². The molecule has 9 heteroatoms. The molecule has 0 N–H and O–H groups in total. The first kappa shape index (κ1) is 27.3. The molecule has 0 aliphatic carbocycles. The van der Waals surface area contributed by atoms with Gasteiger partial charge in [0.05, 0.1) is 32.2 Å². The third-order valence-corrected chi connectivity index (χ3v) is 7.87. The number of carbonyl (C=O) groups excluding carboxylic acids is 1. The second-order valence-electron chi connectivity index (χ2n) is 8.72. The Bertz CT molecular complexity index is 1250. The van der Waals surface area contributed by atoms with Gasteiger partial charge in [0.15, 0.2) is 11.5 Å². The van der Waals surface area contributed by atoms with E-state index in [1.54, 1.807) is 51.2 Å². The van der Waals surface area contributed by atoms with E-state index in [-0.39, 0.29) is 23.9 Å². The van der Waals surface area contributed by atoms with Crippen LogP contribution in [0.25, 0.3) is 0 Å². The number of benzene rings is 2. The van der Waals surface area contributed by atoms with Gasteiger partial charge in [0.1, 0.15) is 11.5 Å². The van der Waals surface area contributed by atoms with Crippen LogP contribution in [0.5, 0.6) is 11.5 Å². The molecule has 3 aromatic rings. The van der Waals surface area contributed by atoms with Gasteiger partial charge in [-0.15, -0.1) is 0 Å². The number of hydrogen-bond donors (Lipinski definition) is 0. The van der Waals surface area contributed by atoms with Gasteiger partial charge in [-0.25, -0.2) is 8.42 Å². The van der Waals surface area contributed by atoms with Crippen LogP contribution in [0.15, 0.2) is 70.0 Å². The van der Waals surface area contributed by atoms with Crippen molar-refractivity contribution in [2.75, 3.05) is 27.3 Å². The second-order valence-corrected chi connectivity index (χ2v) is 10.6. The van der Waals surface area contributed by atoms with Gasteiger partial charge < -0.3 is 18.8 Å². The van der Waals surface area contributed by atoms with E-state index in [1.807, 2.05) is 37.3 Å². The second kappa shape index (κ2) is 12.1. The van der Waals surface area contributed by atoms with Crippen molar-refractivity contribution in [3.05, 3.63) is 77.7 Å². The first-order valence-corrected chi connectivity index (χ1v) is 13.2. The van der Waals surface area contributed by atoms with Crippen molar-refractivity contribution in [3.8, 4) is 11.5 Å². The van der Waals surface area contributed by atoms with E-state index in [1.165, 1.54) is 16.4 Å². The molecule has 0 spiro atoms. The van der Waals surface area contributed by atoms with E-state index in [2.05, 4.69) is 0 Å². The Labute approximate surface area is 213 Å². The molecule has 2 aromatic carbocycles. The quantitative estimate of drug-likeness (QED) is 0.359. The lowest BCUT2D eigenvalue weighted by atomic mass is 10.1. The van der Waals surface area contributed by atoms with E-state index in [0.29, 0.717) is 30.2 Å². The molecule has 0 bridgehead atoms. The van der Waals surface area contributed by atoms with Crippen LogP contribution in [0.1, 0.15) is 30.9 Å². The lowest BCUT2D eigenvalue weighted by Gasteiger charge is -2.29. The minimum Gasteiger partial charge on any atom is -0.493 e. The molecular weight excluding hydrogens is 480 g/mol. The van der Waals surface area contributed by atoms with Crippen LogP contribution in [0.3, 0.4) is 0 Å². The molecule has 0 aliphatic heterocycles. The van der Waals surface area contributed by atoms with Gasteiger partial charge in [0.2, 0.25) is 15.9 Å². The Hall–Kier alpha value is -3.30. The summed E-state index contributed by atoms with van der Waals surface area (Å²) >= 11 is 0. The number of ether oxygens (including phenoxy) is 2. The molecule has 194 valence electrons. The maximum Gasteiger partial charge on any atom is 0.243 e. The molecule has 0 aliphatic rings. The third-order valence-electron chi connectivity index (χ3n) is 5.83. The van der Waals surface area contributed by atoms with Crippen LogP contribution in [0, 0.1) is 6.92 Å². The predicted octanol–water partition coefficient (Wildman–Crippen LogP) is 4.28. The molecule has 0 saturated heterocycles. The lowest BCUT2D eigenvalue weighted by Crippen LogP contribution is -2.46. The molecular formula is C27H34N2O6S. The van der Waals surface area contributed by atoms with Crippen LogP contribution in [0.2, 0.25) is 0 Å². The number of hydrogen-bond acceptors (Lipinski definition) is 6. The zero-order valence-corrected chi connectivity index (χ0v) is 22.2. The van der Waals surface area contributed by atoms with Crippen molar-refractivity contribution in [1.29, 1.82) is 0 Å².